The fourth-order valence-electron chi connectivity index (χ4n) is 2.25. The molecule has 1 aromatic carbocycles. The number of nitrogen functional groups attached to an aromatic ring is 1. The van der Waals surface area contributed by atoms with Crippen molar-refractivity contribution in [2.24, 2.45) is 7.05 Å². The van der Waals surface area contributed by atoms with Gasteiger partial charge >= 0.3 is 0 Å². The summed E-state index contributed by atoms with van der Waals surface area (Å²) < 4.78 is 7.07. The van der Waals surface area contributed by atoms with E-state index in [1.54, 1.807) is 10.9 Å². The first-order valence-corrected chi connectivity index (χ1v) is 6.11. The smallest absolute Gasteiger partial charge is 0.129 e. The van der Waals surface area contributed by atoms with Crippen molar-refractivity contribution in [2.75, 3.05) is 5.73 Å². The first-order valence-electron chi connectivity index (χ1n) is 6.11. The number of hydrogen-bond donors (Lipinski definition) is 1. The molecule has 0 saturated carbocycles. The van der Waals surface area contributed by atoms with Gasteiger partial charge in [0.25, 0.3) is 0 Å². The van der Waals surface area contributed by atoms with Gasteiger partial charge in [-0.1, -0.05) is 30.3 Å². The Morgan fingerprint density at radius 1 is 1.16 bits per heavy atom. The summed E-state index contributed by atoms with van der Waals surface area (Å²) in [6, 6.07) is 12.0. The van der Waals surface area contributed by atoms with Gasteiger partial charge in [-0.25, -0.2) is 0 Å². The van der Waals surface area contributed by atoms with Gasteiger partial charge in [0.05, 0.1) is 11.8 Å². The van der Waals surface area contributed by atoms with E-state index in [1.165, 1.54) is 0 Å². The average Bonchev–Trinajstić information content (AvgIpc) is 2.96. The highest BCUT2D eigenvalue weighted by Crippen LogP contribution is 2.37. The number of rotatable bonds is 2. The number of furan rings is 1. The number of aromatic nitrogens is 2. The fraction of sp³-hybridized carbons (Fsp3) is 0.133. The second-order valence-corrected chi connectivity index (χ2v) is 4.49. The van der Waals surface area contributed by atoms with Crippen molar-refractivity contribution in [1.82, 2.24) is 9.78 Å². The summed E-state index contributed by atoms with van der Waals surface area (Å²) in [5.41, 5.74) is 10.0. The third-order valence-corrected chi connectivity index (χ3v) is 3.27. The van der Waals surface area contributed by atoms with Crippen LogP contribution < -0.4 is 5.73 Å². The molecule has 0 unspecified atom stereocenters. The molecule has 4 nitrogen and oxygen atoms in total. The molecule has 0 aliphatic carbocycles. The first kappa shape index (κ1) is 11.6. The topological polar surface area (TPSA) is 57.0 Å². The van der Waals surface area contributed by atoms with Gasteiger partial charge in [-0.3, -0.25) is 4.68 Å². The summed E-state index contributed by atoms with van der Waals surface area (Å²) in [5, 5.41) is 4.52. The highest BCUT2D eigenvalue weighted by atomic mass is 16.3. The van der Waals surface area contributed by atoms with Gasteiger partial charge in [-0.05, 0) is 18.6 Å². The highest BCUT2D eigenvalue weighted by molar-refractivity contribution is 5.88. The molecular weight excluding hydrogens is 238 g/mol. The predicted molar refractivity (Wildman–Crippen MR) is 75.5 cm³/mol. The maximum Gasteiger partial charge on any atom is 0.129 e. The molecule has 0 atom stereocenters. The van der Waals surface area contributed by atoms with Crippen molar-refractivity contribution >= 4 is 5.82 Å². The minimum atomic E-state index is 0.654. The van der Waals surface area contributed by atoms with Crippen LogP contribution in [0.5, 0.6) is 0 Å². The third kappa shape index (κ3) is 1.81. The van der Waals surface area contributed by atoms with Gasteiger partial charge in [0.15, 0.2) is 0 Å². The lowest BCUT2D eigenvalue weighted by Gasteiger charge is -2.03. The van der Waals surface area contributed by atoms with E-state index in [0.29, 0.717) is 5.82 Å². The van der Waals surface area contributed by atoms with Crippen LogP contribution in [-0.4, -0.2) is 9.78 Å². The largest absolute Gasteiger partial charge is 0.469 e. The van der Waals surface area contributed by atoms with E-state index in [4.69, 9.17) is 10.2 Å². The van der Waals surface area contributed by atoms with Crippen LogP contribution in [-0.2, 0) is 7.05 Å². The molecule has 0 spiro atoms. The van der Waals surface area contributed by atoms with E-state index in [9.17, 15) is 0 Å². The van der Waals surface area contributed by atoms with Crippen molar-refractivity contribution in [1.29, 1.82) is 0 Å². The van der Waals surface area contributed by atoms with E-state index in [1.807, 2.05) is 50.4 Å². The Kier molecular flexibility index (Phi) is 2.63. The number of aryl methyl sites for hydroxylation is 2. The lowest BCUT2D eigenvalue weighted by atomic mass is 10.0. The first-order chi connectivity index (χ1) is 9.18. The lowest BCUT2D eigenvalue weighted by molar-refractivity contribution is 0.535. The molecule has 96 valence electrons. The zero-order valence-corrected chi connectivity index (χ0v) is 10.9. The Morgan fingerprint density at radius 2 is 1.89 bits per heavy atom. The average molecular weight is 253 g/mol. The lowest BCUT2D eigenvalue weighted by Crippen LogP contribution is -1.97. The monoisotopic (exact) mass is 253 g/mol. The van der Waals surface area contributed by atoms with Gasteiger partial charge in [0.1, 0.15) is 17.3 Å². The van der Waals surface area contributed by atoms with E-state index >= 15 is 0 Å². The van der Waals surface area contributed by atoms with Gasteiger partial charge in [-0.15, -0.1) is 0 Å². The molecule has 0 aliphatic heterocycles. The Hall–Kier alpha value is -2.49. The Balaban J connectivity index is 2.28. The Labute approximate surface area is 111 Å². The van der Waals surface area contributed by atoms with Gasteiger partial charge in [-0.2, -0.15) is 5.10 Å². The molecule has 3 rings (SSSR count). The van der Waals surface area contributed by atoms with Crippen LogP contribution in [0.15, 0.2) is 47.1 Å². The second-order valence-electron chi connectivity index (χ2n) is 4.49. The molecule has 2 aromatic heterocycles. The fourth-order valence-corrected chi connectivity index (χ4v) is 2.25. The van der Waals surface area contributed by atoms with Crippen molar-refractivity contribution in [3.63, 3.8) is 0 Å². The van der Waals surface area contributed by atoms with Crippen LogP contribution >= 0.6 is 0 Å². The quantitative estimate of drug-likeness (QED) is 0.762. The van der Waals surface area contributed by atoms with Gasteiger partial charge in [0, 0.05) is 12.6 Å². The Morgan fingerprint density at radius 3 is 2.53 bits per heavy atom. The van der Waals surface area contributed by atoms with Crippen LogP contribution in [0.25, 0.3) is 22.4 Å². The van der Waals surface area contributed by atoms with E-state index in [-0.39, 0.29) is 0 Å². The normalized spacial score (nSPS) is 10.8. The van der Waals surface area contributed by atoms with Crippen LogP contribution in [0.3, 0.4) is 0 Å². The predicted octanol–water partition coefficient (Wildman–Crippen LogP) is 3.24. The number of nitrogens with zero attached hydrogens (tertiary/aromatic N) is 2. The van der Waals surface area contributed by atoms with E-state index in [2.05, 4.69) is 5.10 Å². The molecule has 0 amide bonds. The van der Waals surface area contributed by atoms with Crippen molar-refractivity contribution in [3.8, 4) is 22.4 Å². The molecule has 19 heavy (non-hydrogen) atoms. The third-order valence-electron chi connectivity index (χ3n) is 3.27. The SMILES string of the molecule is Cc1occc1-c1nn(C)c(N)c1-c1ccccc1. The highest BCUT2D eigenvalue weighted by Gasteiger charge is 2.19. The summed E-state index contributed by atoms with van der Waals surface area (Å²) in [4.78, 5) is 0. The Bertz CT molecular complexity index is 710. The summed E-state index contributed by atoms with van der Waals surface area (Å²) >= 11 is 0. The second kappa shape index (κ2) is 4.31. The number of hydrogen-bond acceptors (Lipinski definition) is 3. The number of nitrogens with two attached hydrogens (primary N) is 1. The van der Waals surface area contributed by atoms with Crippen LogP contribution in [0.2, 0.25) is 0 Å². The molecule has 0 radical (unpaired) electrons. The molecule has 4 heteroatoms. The van der Waals surface area contributed by atoms with Crippen LogP contribution in [0.4, 0.5) is 5.82 Å². The maximum atomic E-state index is 6.16. The summed E-state index contributed by atoms with van der Waals surface area (Å²) in [7, 11) is 1.85. The molecule has 0 saturated heterocycles. The van der Waals surface area contributed by atoms with E-state index in [0.717, 1.165) is 28.1 Å². The summed E-state index contributed by atoms with van der Waals surface area (Å²) in [6.07, 6.45) is 1.67. The molecular formula is C15H15N3O. The molecule has 0 fully saturated rings. The molecule has 0 bridgehead atoms. The molecule has 3 aromatic rings. The van der Waals surface area contributed by atoms with Crippen molar-refractivity contribution < 1.29 is 4.42 Å². The zero-order chi connectivity index (χ0) is 13.4. The van der Waals surface area contributed by atoms with Crippen molar-refractivity contribution in [2.45, 2.75) is 6.92 Å². The molecule has 0 aliphatic rings. The summed E-state index contributed by atoms with van der Waals surface area (Å²) in [5.74, 6) is 1.50. The minimum Gasteiger partial charge on any atom is -0.469 e. The van der Waals surface area contributed by atoms with Gasteiger partial charge in [0.2, 0.25) is 0 Å². The van der Waals surface area contributed by atoms with Gasteiger partial charge < -0.3 is 10.2 Å². The summed E-state index contributed by atoms with van der Waals surface area (Å²) in [6.45, 7) is 1.93. The molecule has 2 N–H and O–H groups in total. The van der Waals surface area contributed by atoms with Crippen LogP contribution in [0.1, 0.15) is 5.76 Å². The van der Waals surface area contributed by atoms with E-state index < -0.39 is 0 Å². The molecule has 2 heterocycles. The number of benzene rings is 1. The van der Waals surface area contributed by atoms with Crippen molar-refractivity contribution in [3.05, 3.63) is 48.4 Å². The minimum absolute atomic E-state index is 0.654. The number of anilines is 1. The maximum absolute atomic E-state index is 6.16. The zero-order valence-electron chi connectivity index (χ0n) is 10.9. The van der Waals surface area contributed by atoms with Crippen LogP contribution in [0, 0.1) is 6.92 Å². The standard InChI is InChI=1S/C15H15N3O/c1-10-12(8-9-19-10)14-13(15(16)18(2)17-14)11-6-4-3-5-7-11/h3-9H,16H2,1-2H3.